The number of thiazole rings is 1. The second kappa shape index (κ2) is 8.80. The molecular weight excluding hydrogens is 431 g/mol. The van der Waals surface area contributed by atoms with Crippen LogP contribution in [0.1, 0.15) is 27.6 Å². The molecule has 0 spiro atoms. The van der Waals surface area contributed by atoms with Gasteiger partial charge in [0.05, 0.1) is 17.2 Å². The van der Waals surface area contributed by atoms with Gasteiger partial charge >= 0.3 is 0 Å². The molecule has 24 heavy (non-hydrogen) atoms. The van der Waals surface area contributed by atoms with Gasteiger partial charge in [0.15, 0.2) is 5.96 Å². The molecule has 0 saturated heterocycles. The van der Waals surface area contributed by atoms with Gasteiger partial charge in [-0.05, 0) is 38.2 Å². The van der Waals surface area contributed by atoms with Crippen molar-refractivity contribution in [1.29, 1.82) is 0 Å². The SMILES string of the molecule is CN=C(NCc1sc(C)nc1C)NC1CC1Cc1ccccc1.I. The van der Waals surface area contributed by atoms with E-state index in [9.17, 15) is 0 Å². The van der Waals surface area contributed by atoms with E-state index in [4.69, 9.17) is 0 Å². The number of nitrogens with zero attached hydrogens (tertiary/aromatic N) is 2. The van der Waals surface area contributed by atoms with Crippen molar-refractivity contribution < 1.29 is 0 Å². The normalized spacial score (nSPS) is 19.5. The lowest BCUT2D eigenvalue weighted by atomic mass is 10.1. The molecule has 6 heteroatoms. The molecule has 2 N–H and O–H groups in total. The van der Waals surface area contributed by atoms with E-state index < -0.39 is 0 Å². The second-order valence-corrected chi connectivity index (χ2v) is 7.39. The molecule has 130 valence electrons. The zero-order valence-corrected chi connectivity index (χ0v) is 17.5. The number of nitrogens with one attached hydrogen (secondary N) is 2. The first kappa shape index (κ1) is 19.2. The molecular formula is C18H25IN4S. The van der Waals surface area contributed by atoms with E-state index in [1.54, 1.807) is 11.3 Å². The molecule has 1 saturated carbocycles. The third kappa shape index (κ3) is 5.17. The van der Waals surface area contributed by atoms with Crippen LogP contribution in [0.4, 0.5) is 0 Å². The Kier molecular flexibility index (Phi) is 7.03. The minimum atomic E-state index is 0. The number of halogens is 1. The van der Waals surface area contributed by atoms with Crippen LogP contribution in [0.2, 0.25) is 0 Å². The first-order chi connectivity index (χ1) is 11.2. The van der Waals surface area contributed by atoms with Crippen LogP contribution in [0, 0.1) is 19.8 Å². The topological polar surface area (TPSA) is 49.3 Å². The smallest absolute Gasteiger partial charge is 0.191 e. The lowest BCUT2D eigenvalue weighted by molar-refractivity contribution is 0.721. The summed E-state index contributed by atoms with van der Waals surface area (Å²) in [7, 11) is 1.83. The first-order valence-corrected chi connectivity index (χ1v) is 8.91. The van der Waals surface area contributed by atoms with Crippen LogP contribution in [0.3, 0.4) is 0 Å². The van der Waals surface area contributed by atoms with Gasteiger partial charge in [0.25, 0.3) is 0 Å². The summed E-state index contributed by atoms with van der Waals surface area (Å²) in [5.41, 5.74) is 2.53. The van der Waals surface area contributed by atoms with Crippen LogP contribution >= 0.6 is 35.3 Å². The number of hydrogen-bond acceptors (Lipinski definition) is 3. The highest BCUT2D eigenvalue weighted by atomic mass is 127. The molecule has 4 nitrogen and oxygen atoms in total. The molecule has 1 aliphatic rings. The van der Waals surface area contributed by atoms with Gasteiger partial charge in [-0.15, -0.1) is 35.3 Å². The molecule has 1 aromatic carbocycles. The Hall–Kier alpha value is -1.15. The van der Waals surface area contributed by atoms with Gasteiger partial charge in [0, 0.05) is 18.0 Å². The van der Waals surface area contributed by atoms with Crippen LogP contribution in [0.25, 0.3) is 0 Å². The summed E-state index contributed by atoms with van der Waals surface area (Å²) in [6, 6.07) is 11.2. The standard InChI is InChI=1S/C18H24N4S.HI/c1-12-17(23-13(2)21-12)11-20-18(19-3)22-16-10-15(16)9-14-7-5-4-6-8-14;/h4-8,15-16H,9-11H2,1-3H3,(H2,19,20,22);1H. The average Bonchev–Trinajstić information content (AvgIpc) is 3.18. The van der Waals surface area contributed by atoms with E-state index in [2.05, 4.69) is 57.9 Å². The Balaban J connectivity index is 0.00000208. The monoisotopic (exact) mass is 456 g/mol. The fraction of sp³-hybridized carbons (Fsp3) is 0.444. The Morgan fingerprint density at radius 3 is 2.67 bits per heavy atom. The third-order valence-electron chi connectivity index (χ3n) is 4.23. The molecule has 1 fully saturated rings. The molecule has 0 radical (unpaired) electrons. The maximum absolute atomic E-state index is 4.47. The number of benzene rings is 1. The minimum Gasteiger partial charge on any atom is -0.353 e. The van der Waals surface area contributed by atoms with E-state index in [1.807, 2.05) is 14.0 Å². The molecule has 2 atom stereocenters. The van der Waals surface area contributed by atoms with Crippen molar-refractivity contribution in [3.05, 3.63) is 51.5 Å². The molecule has 3 rings (SSSR count). The molecule has 1 aromatic heterocycles. The minimum absolute atomic E-state index is 0. The van der Waals surface area contributed by atoms with E-state index in [0.717, 1.165) is 29.6 Å². The lowest BCUT2D eigenvalue weighted by Gasteiger charge is -2.11. The fourth-order valence-corrected chi connectivity index (χ4v) is 3.72. The molecule has 2 unspecified atom stereocenters. The Labute approximate surface area is 165 Å². The van der Waals surface area contributed by atoms with Crippen molar-refractivity contribution in [2.75, 3.05) is 7.05 Å². The first-order valence-electron chi connectivity index (χ1n) is 8.09. The highest BCUT2D eigenvalue weighted by molar-refractivity contribution is 14.0. The van der Waals surface area contributed by atoms with E-state index in [1.165, 1.54) is 16.9 Å². The Bertz CT molecular complexity index is 684. The van der Waals surface area contributed by atoms with Gasteiger partial charge in [-0.2, -0.15) is 0 Å². The van der Waals surface area contributed by atoms with Crippen molar-refractivity contribution in [3.63, 3.8) is 0 Å². The van der Waals surface area contributed by atoms with Crippen molar-refractivity contribution in [3.8, 4) is 0 Å². The predicted octanol–water partition coefficient (Wildman–Crippen LogP) is 3.67. The number of aromatic nitrogens is 1. The number of aliphatic imine (C=N–C) groups is 1. The Morgan fingerprint density at radius 1 is 1.29 bits per heavy atom. The van der Waals surface area contributed by atoms with Gasteiger partial charge < -0.3 is 10.6 Å². The molecule has 0 aliphatic heterocycles. The average molecular weight is 456 g/mol. The van der Waals surface area contributed by atoms with Gasteiger partial charge in [-0.1, -0.05) is 30.3 Å². The zero-order chi connectivity index (χ0) is 16.2. The number of guanidine groups is 1. The summed E-state index contributed by atoms with van der Waals surface area (Å²) in [6.45, 7) is 4.90. The summed E-state index contributed by atoms with van der Waals surface area (Å²) in [5, 5.41) is 8.05. The maximum atomic E-state index is 4.47. The summed E-state index contributed by atoms with van der Waals surface area (Å²) < 4.78 is 0. The molecule has 1 aliphatic carbocycles. The van der Waals surface area contributed by atoms with E-state index in [0.29, 0.717) is 12.0 Å². The maximum Gasteiger partial charge on any atom is 0.191 e. The number of hydrogen-bond donors (Lipinski definition) is 2. The van der Waals surface area contributed by atoms with Gasteiger partial charge in [-0.25, -0.2) is 4.98 Å². The molecule has 1 heterocycles. The largest absolute Gasteiger partial charge is 0.353 e. The molecule has 2 aromatic rings. The summed E-state index contributed by atoms with van der Waals surface area (Å²) in [6.07, 6.45) is 2.36. The van der Waals surface area contributed by atoms with Gasteiger partial charge in [0.1, 0.15) is 0 Å². The highest BCUT2D eigenvalue weighted by Crippen LogP contribution is 2.33. The number of rotatable bonds is 5. The lowest BCUT2D eigenvalue weighted by Crippen LogP contribution is -2.38. The van der Waals surface area contributed by atoms with Gasteiger partial charge in [0.2, 0.25) is 0 Å². The zero-order valence-electron chi connectivity index (χ0n) is 14.4. The van der Waals surface area contributed by atoms with Crippen molar-refractivity contribution >= 4 is 41.3 Å². The van der Waals surface area contributed by atoms with Crippen molar-refractivity contribution in [2.24, 2.45) is 10.9 Å². The van der Waals surface area contributed by atoms with Crippen molar-refractivity contribution in [1.82, 2.24) is 15.6 Å². The fourth-order valence-electron chi connectivity index (χ4n) is 2.84. The third-order valence-corrected chi connectivity index (χ3v) is 5.30. The van der Waals surface area contributed by atoms with Crippen LogP contribution in [0.5, 0.6) is 0 Å². The highest BCUT2D eigenvalue weighted by Gasteiger charge is 2.37. The second-order valence-electron chi connectivity index (χ2n) is 6.10. The summed E-state index contributed by atoms with van der Waals surface area (Å²) >= 11 is 1.75. The molecule has 0 bridgehead atoms. The van der Waals surface area contributed by atoms with Crippen LogP contribution in [-0.2, 0) is 13.0 Å². The molecule has 0 amide bonds. The van der Waals surface area contributed by atoms with E-state index in [-0.39, 0.29) is 24.0 Å². The Morgan fingerprint density at radius 2 is 2.04 bits per heavy atom. The van der Waals surface area contributed by atoms with Crippen LogP contribution in [-0.4, -0.2) is 24.0 Å². The van der Waals surface area contributed by atoms with E-state index >= 15 is 0 Å². The quantitative estimate of drug-likeness (QED) is 0.410. The number of aryl methyl sites for hydroxylation is 2. The van der Waals surface area contributed by atoms with Crippen molar-refractivity contribution in [2.45, 2.75) is 39.3 Å². The summed E-state index contributed by atoms with van der Waals surface area (Å²) in [4.78, 5) is 10.1. The van der Waals surface area contributed by atoms with Crippen LogP contribution in [0.15, 0.2) is 35.3 Å². The predicted molar refractivity (Wildman–Crippen MR) is 112 cm³/mol. The van der Waals surface area contributed by atoms with Crippen LogP contribution < -0.4 is 10.6 Å². The van der Waals surface area contributed by atoms with Gasteiger partial charge in [-0.3, -0.25) is 4.99 Å². The summed E-state index contributed by atoms with van der Waals surface area (Å²) in [5.74, 6) is 1.60.